The lowest BCUT2D eigenvalue weighted by Crippen LogP contribution is -2.44. The number of rotatable bonds is 2. The predicted octanol–water partition coefficient (Wildman–Crippen LogP) is 1.94. The molecule has 0 aliphatic carbocycles. The van der Waals surface area contributed by atoms with Gasteiger partial charge in [-0.05, 0) is 31.0 Å². The van der Waals surface area contributed by atoms with E-state index in [1.54, 1.807) is 4.90 Å². The number of hydrogen-bond acceptors (Lipinski definition) is 3. The standard InChI is InChI=1S/C12H15BrN2O2/c13-10-4-1-3-9(7-10)12(16)15-6-2-5-11(8-15)17-14/h1,3-4,7,11H,2,5-6,8,14H2. The molecule has 4 nitrogen and oxygen atoms in total. The molecule has 0 spiro atoms. The Morgan fingerprint density at radius 3 is 3.06 bits per heavy atom. The molecule has 1 atom stereocenters. The van der Waals surface area contributed by atoms with Crippen molar-refractivity contribution in [2.75, 3.05) is 13.1 Å². The van der Waals surface area contributed by atoms with E-state index in [9.17, 15) is 4.79 Å². The first-order valence-corrected chi connectivity index (χ1v) is 6.40. The summed E-state index contributed by atoms with van der Waals surface area (Å²) in [4.78, 5) is 18.8. The summed E-state index contributed by atoms with van der Waals surface area (Å²) >= 11 is 3.36. The van der Waals surface area contributed by atoms with E-state index < -0.39 is 0 Å². The number of carbonyl (C=O) groups is 1. The summed E-state index contributed by atoms with van der Waals surface area (Å²) in [6.07, 6.45) is 1.81. The fourth-order valence-corrected chi connectivity index (χ4v) is 2.44. The smallest absolute Gasteiger partial charge is 0.253 e. The number of likely N-dealkylation sites (tertiary alicyclic amines) is 1. The van der Waals surface area contributed by atoms with Crippen LogP contribution < -0.4 is 5.90 Å². The number of amides is 1. The molecule has 1 amide bonds. The molecule has 1 unspecified atom stereocenters. The van der Waals surface area contributed by atoms with Crippen LogP contribution in [-0.4, -0.2) is 30.0 Å². The Labute approximate surface area is 109 Å². The van der Waals surface area contributed by atoms with Crippen LogP contribution in [0.25, 0.3) is 0 Å². The molecule has 1 fully saturated rings. The molecule has 0 aromatic heterocycles. The summed E-state index contributed by atoms with van der Waals surface area (Å²) in [5.74, 6) is 5.22. The monoisotopic (exact) mass is 298 g/mol. The molecule has 1 aliphatic rings. The van der Waals surface area contributed by atoms with Gasteiger partial charge in [0.05, 0.1) is 6.10 Å². The Hall–Kier alpha value is -0.910. The molecule has 2 rings (SSSR count). The van der Waals surface area contributed by atoms with Gasteiger partial charge in [0.2, 0.25) is 0 Å². The molecule has 0 saturated carbocycles. The zero-order valence-corrected chi connectivity index (χ0v) is 11.0. The number of benzene rings is 1. The molecule has 1 aliphatic heterocycles. The third-order valence-corrected chi connectivity index (χ3v) is 3.42. The summed E-state index contributed by atoms with van der Waals surface area (Å²) in [5, 5.41) is 0. The molecule has 92 valence electrons. The Morgan fingerprint density at radius 2 is 2.35 bits per heavy atom. The summed E-state index contributed by atoms with van der Waals surface area (Å²) in [7, 11) is 0. The number of nitrogens with zero attached hydrogens (tertiary/aromatic N) is 1. The van der Waals surface area contributed by atoms with Gasteiger partial charge in [-0.1, -0.05) is 22.0 Å². The number of hydrogen-bond donors (Lipinski definition) is 1. The second-order valence-electron chi connectivity index (χ2n) is 4.16. The van der Waals surface area contributed by atoms with Crippen LogP contribution in [0.4, 0.5) is 0 Å². The Kier molecular flexibility index (Phi) is 4.15. The first-order chi connectivity index (χ1) is 8.20. The highest BCUT2D eigenvalue weighted by Crippen LogP contribution is 2.17. The van der Waals surface area contributed by atoms with Gasteiger partial charge in [-0.25, -0.2) is 5.90 Å². The van der Waals surface area contributed by atoms with Gasteiger partial charge in [-0.3, -0.25) is 9.63 Å². The number of halogens is 1. The van der Waals surface area contributed by atoms with E-state index in [1.807, 2.05) is 24.3 Å². The van der Waals surface area contributed by atoms with E-state index in [2.05, 4.69) is 15.9 Å². The van der Waals surface area contributed by atoms with Crippen molar-refractivity contribution in [3.63, 3.8) is 0 Å². The molecular weight excluding hydrogens is 284 g/mol. The third kappa shape index (κ3) is 3.06. The molecule has 5 heteroatoms. The SMILES string of the molecule is NOC1CCCN(C(=O)c2cccc(Br)c2)C1. The van der Waals surface area contributed by atoms with Crippen LogP contribution in [-0.2, 0) is 4.84 Å². The lowest BCUT2D eigenvalue weighted by molar-refractivity contribution is 0.000963. The molecule has 1 aromatic rings. The number of nitrogens with two attached hydrogens (primary N) is 1. The lowest BCUT2D eigenvalue weighted by Gasteiger charge is -2.31. The summed E-state index contributed by atoms with van der Waals surface area (Å²) < 4.78 is 0.909. The maximum atomic E-state index is 12.2. The minimum Gasteiger partial charge on any atom is -0.336 e. The molecule has 17 heavy (non-hydrogen) atoms. The lowest BCUT2D eigenvalue weighted by atomic mass is 10.1. The van der Waals surface area contributed by atoms with Gasteiger partial charge in [0.15, 0.2) is 0 Å². The van der Waals surface area contributed by atoms with Crippen molar-refractivity contribution in [1.29, 1.82) is 0 Å². The molecule has 0 bridgehead atoms. The number of carbonyl (C=O) groups excluding carboxylic acids is 1. The van der Waals surface area contributed by atoms with Crippen LogP contribution in [0, 0.1) is 0 Å². The molecule has 1 aromatic carbocycles. The average Bonchev–Trinajstić information content (AvgIpc) is 2.38. The van der Waals surface area contributed by atoms with E-state index in [0.717, 1.165) is 23.9 Å². The minimum absolute atomic E-state index is 0.0352. The van der Waals surface area contributed by atoms with E-state index in [4.69, 9.17) is 10.7 Å². The molecule has 0 radical (unpaired) electrons. The van der Waals surface area contributed by atoms with Crippen molar-refractivity contribution in [3.8, 4) is 0 Å². The van der Waals surface area contributed by atoms with Gasteiger partial charge in [0.25, 0.3) is 5.91 Å². The Balaban J connectivity index is 2.09. The van der Waals surface area contributed by atoms with E-state index >= 15 is 0 Å². The first-order valence-electron chi connectivity index (χ1n) is 5.61. The van der Waals surface area contributed by atoms with Gasteiger partial charge in [0.1, 0.15) is 0 Å². The summed E-state index contributed by atoms with van der Waals surface area (Å²) in [6.45, 7) is 1.34. The van der Waals surface area contributed by atoms with Gasteiger partial charge in [-0.2, -0.15) is 0 Å². The summed E-state index contributed by atoms with van der Waals surface area (Å²) in [5.41, 5.74) is 0.692. The Morgan fingerprint density at radius 1 is 1.53 bits per heavy atom. The fourth-order valence-electron chi connectivity index (χ4n) is 2.04. The summed E-state index contributed by atoms with van der Waals surface area (Å²) in [6, 6.07) is 7.41. The molecule has 1 saturated heterocycles. The maximum absolute atomic E-state index is 12.2. The predicted molar refractivity (Wildman–Crippen MR) is 68.3 cm³/mol. The zero-order chi connectivity index (χ0) is 12.3. The van der Waals surface area contributed by atoms with Gasteiger partial charge >= 0.3 is 0 Å². The normalized spacial score (nSPS) is 20.4. The van der Waals surface area contributed by atoms with E-state index in [1.165, 1.54) is 0 Å². The molecular formula is C12H15BrN2O2. The zero-order valence-electron chi connectivity index (χ0n) is 9.43. The van der Waals surface area contributed by atoms with Crippen LogP contribution >= 0.6 is 15.9 Å². The topological polar surface area (TPSA) is 55.6 Å². The largest absolute Gasteiger partial charge is 0.336 e. The van der Waals surface area contributed by atoms with Crippen LogP contribution in [0.3, 0.4) is 0 Å². The third-order valence-electron chi connectivity index (χ3n) is 2.93. The van der Waals surface area contributed by atoms with Crippen molar-refractivity contribution in [2.24, 2.45) is 5.90 Å². The van der Waals surface area contributed by atoms with Gasteiger partial charge < -0.3 is 4.90 Å². The minimum atomic E-state index is -0.0418. The first kappa shape index (κ1) is 12.5. The second kappa shape index (κ2) is 5.62. The van der Waals surface area contributed by atoms with Crippen LogP contribution in [0.5, 0.6) is 0 Å². The van der Waals surface area contributed by atoms with Gasteiger partial charge in [0, 0.05) is 23.1 Å². The van der Waals surface area contributed by atoms with E-state index in [0.29, 0.717) is 12.1 Å². The molecule has 2 N–H and O–H groups in total. The highest BCUT2D eigenvalue weighted by molar-refractivity contribution is 9.10. The van der Waals surface area contributed by atoms with Crippen LogP contribution in [0.15, 0.2) is 28.7 Å². The van der Waals surface area contributed by atoms with Crippen LogP contribution in [0.1, 0.15) is 23.2 Å². The quantitative estimate of drug-likeness (QED) is 0.849. The second-order valence-corrected chi connectivity index (χ2v) is 5.08. The van der Waals surface area contributed by atoms with Crippen molar-refractivity contribution >= 4 is 21.8 Å². The molecule has 1 heterocycles. The highest BCUT2D eigenvalue weighted by atomic mass is 79.9. The van der Waals surface area contributed by atoms with Crippen LogP contribution in [0.2, 0.25) is 0 Å². The Bertz CT molecular complexity index is 411. The highest BCUT2D eigenvalue weighted by Gasteiger charge is 2.24. The average molecular weight is 299 g/mol. The maximum Gasteiger partial charge on any atom is 0.253 e. The fraction of sp³-hybridized carbons (Fsp3) is 0.417. The van der Waals surface area contributed by atoms with Crippen molar-refractivity contribution in [2.45, 2.75) is 18.9 Å². The van der Waals surface area contributed by atoms with Crippen molar-refractivity contribution < 1.29 is 9.63 Å². The van der Waals surface area contributed by atoms with Crippen molar-refractivity contribution in [1.82, 2.24) is 4.90 Å². The van der Waals surface area contributed by atoms with E-state index in [-0.39, 0.29) is 12.0 Å². The van der Waals surface area contributed by atoms with Crippen molar-refractivity contribution in [3.05, 3.63) is 34.3 Å². The number of piperidine rings is 1. The van der Waals surface area contributed by atoms with Gasteiger partial charge in [-0.15, -0.1) is 0 Å².